The first-order valence-electron chi connectivity index (χ1n) is 24.6. The molecule has 2 heteroatoms. The molecule has 0 amide bonds. The quantitative estimate of drug-likeness (QED) is 0.161. The molecule has 0 unspecified atom stereocenters. The molecule has 71 heavy (non-hydrogen) atoms. The normalized spacial score (nSPS) is 12.9. The number of fused-ring (bicyclic) bond motifs is 15. The van der Waals surface area contributed by atoms with Gasteiger partial charge in [-0.15, -0.1) is 11.3 Å². The second-order valence-corrected chi connectivity index (χ2v) is 20.1. The van der Waals surface area contributed by atoms with Gasteiger partial charge in [0.15, 0.2) is 0 Å². The van der Waals surface area contributed by atoms with Crippen LogP contribution in [0, 0.1) is 0 Å². The molecular weight excluding hydrogens is 875 g/mol. The molecule has 2 aliphatic rings. The highest BCUT2D eigenvalue weighted by Gasteiger charge is 2.51. The van der Waals surface area contributed by atoms with E-state index >= 15 is 0 Å². The van der Waals surface area contributed by atoms with Crippen LogP contribution in [-0.2, 0) is 5.41 Å². The number of anilines is 3. The van der Waals surface area contributed by atoms with Gasteiger partial charge in [0, 0.05) is 42.7 Å². The Morgan fingerprint density at radius 3 is 1.58 bits per heavy atom. The summed E-state index contributed by atoms with van der Waals surface area (Å²) in [6, 6.07) is 97.6. The van der Waals surface area contributed by atoms with Crippen molar-refractivity contribution in [3.63, 3.8) is 0 Å². The standard InChI is InChI=1S/C69H43NS/c1-2-19-45(20-3-1)67-57(58-32-16-33-59-60-41-46-21-4-5-22-47(46)42-66(60)71-68(58)59)31-17-37-65(67)70(49-25-14-24-48(40-49)52-30-15-23-44-18-6-7-26-51(44)52)50-38-39-56-55-29-10-13-36-63(55)69(64(56)43-50)61-34-11-8-27-53(61)54-28-9-12-35-62(54)69/h1-43H. The van der Waals surface area contributed by atoms with E-state index in [2.05, 4.69) is 266 Å². The molecule has 12 aromatic carbocycles. The Hall–Kier alpha value is -8.82. The van der Waals surface area contributed by atoms with Crippen molar-refractivity contribution < 1.29 is 0 Å². The third-order valence-corrected chi connectivity index (χ3v) is 16.6. The molecule has 0 saturated heterocycles. The smallest absolute Gasteiger partial charge is 0.0726 e. The lowest BCUT2D eigenvalue weighted by Gasteiger charge is -2.33. The van der Waals surface area contributed by atoms with E-state index in [0.717, 1.165) is 17.1 Å². The van der Waals surface area contributed by atoms with Crippen molar-refractivity contribution in [1.29, 1.82) is 0 Å². The van der Waals surface area contributed by atoms with Crippen LogP contribution >= 0.6 is 11.3 Å². The highest BCUT2D eigenvalue weighted by Crippen LogP contribution is 2.63. The third-order valence-electron chi connectivity index (χ3n) is 15.4. The maximum absolute atomic E-state index is 2.54. The minimum atomic E-state index is -0.489. The Labute approximate surface area is 416 Å². The second kappa shape index (κ2) is 15.6. The fourth-order valence-corrected chi connectivity index (χ4v) is 13.8. The zero-order valence-corrected chi connectivity index (χ0v) is 39.5. The summed E-state index contributed by atoms with van der Waals surface area (Å²) in [5.74, 6) is 0. The van der Waals surface area contributed by atoms with Crippen molar-refractivity contribution in [2.45, 2.75) is 5.41 Å². The molecule has 2 aliphatic carbocycles. The van der Waals surface area contributed by atoms with E-state index in [0.29, 0.717) is 0 Å². The molecule has 330 valence electrons. The van der Waals surface area contributed by atoms with Gasteiger partial charge < -0.3 is 4.90 Å². The van der Waals surface area contributed by atoms with E-state index in [-0.39, 0.29) is 0 Å². The van der Waals surface area contributed by atoms with Crippen molar-refractivity contribution in [2.75, 3.05) is 4.90 Å². The first kappa shape index (κ1) is 40.1. The van der Waals surface area contributed by atoms with Gasteiger partial charge in [-0.25, -0.2) is 0 Å². The van der Waals surface area contributed by atoms with Crippen molar-refractivity contribution in [1.82, 2.24) is 0 Å². The van der Waals surface area contributed by atoms with Crippen LogP contribution in [0.2, 0.25) is 0 Å². The number of hydrogen-bond donors (Lipinski definition) is 0. The molecular formula is C69H43NS. The molecule has 0 N–H and O–H groups in total. The van der Waals surface area contributed by atoms with E-state index in [4.69, 9.17) is 0 Å². The fourth-order valence-electron chi connectivity index (χ4n) is 12.5. The van der Waals surface area contributed by atoms with Crippen LogP contribution < -0.4 is 4.90 Å². The lowest BCUT2D eigenvalue weighted by atomic mass is 9.70. The lowest BCUT2D eigenvalue weighted by molar-refractivity contribution is 0.793. The fraction of sp³-hybridized carbons (Fsp3) is 0.0145. The zero-order valence-electron chi connectivity index (χ0n) is 38.7. The molecule has 0 saturated carbocycles. The van der Waals surface area contributed by atoms with Gasteiger partial charge >= 0.3 is 0 Å². The molecule has 1 aromatic heterocycles. The van der Waals surface area contributed by atoms with Gasteiger partial charge in [0.05, 0.1) is 11.1 Å². The number of thiophene rings is 1. The van der Waals surface area contributed by atoms with E-state index in [1.54, 1.807) is 0 Å². The summed E-state index contributed by atoms with van der Waals surface area (Å²) in [5.41, 5.74) is 20.5. The van der Waals surface area contributed by atoms with Crippen LogP contribution in [0.5, 0.6) is 0 Å². The molecule has 1 nitrogen and oxygen atoms in total. The molecule has 15 rings (SSSR count). The van der Waals surface area contributed by atoms with Crippen molar-refractivity contribution in [3.05, 3.63) is 283 Å². The summed E-state index contributed by atoms with van der Waals surface area (Å²) >= 11 is 1.90. The van der Waals surface area contributed by atoms with Gasteiger partial charge in [-0.1, -0.05) is 218 Å². The summed E-state index contributed by atoms with van der Waals surface area (Å²) in [4.78, 5) is 2.54. The third kappa shape index (κ3) is 5.86. The van der Waals surface area contributed by atoms with Crippen molar-refractivity contribution >= 4 is 70.1 Å². The first-order chi connectivity index (χ1) is 35.2. The molecule has 0 bridgehead atoms. The van der Waals surface area contributed by atoms with E-state index < -0.39 is 5.41 Å². The van der Waals surface area contributed by atoms with E-state index in [1.165, 1.54) is 120 Å². The molecule has 1 spiro atoms. The molecule has 0 aliphatic heterocycles. The second-order valence-electron chi connectivity index (χ2n) is 19.1. The van der Waals surface area contributed by atoms with Crippen LogP contribution in [0.3, 0.4) is 0 Å². The van der Waals surface area contributed by atoms with Crippen LogP contribution in [-0.4, -0.2) is 0 Å². The minimum absolute atomic E-state index is 0.489. The van der Waals surface area contributed by atoms with E-state index in [9.17, 15) is 0 Å². The zero-order chi connectivity index (χ0) is 46.6. The Kier molecular flexibility index (Phi) is 8.81. The van der Waals surface area contributed by atoms with Crippen LogP contribution in [0.15, 0.2) is 261 Å². The van der Waals surface area contributed by atoms with Crippen molar-refractivity contribution in [3.8, 4) is 55.6 Å². The predicted molar refractivity (Wildman–Crippen MR) is 302 cm³/mol. The molecule has 13 aromatic rings. The predicted octanol–water partition coefficient (Wildman–Crippen LogP) is 19.2. The van der Waals surface area contributed by atoms with Crippen LogP contribution in [0.25, 0.3) is 97.4 Å². The Bertz CT molecular complexity index is 4240. The summed E-state index contributed by atoms with van der Waals surface area (Å²) in [6.07, 6.45) is 0. The first-order valence-corrected chi connectivity index (χ1v) is 25.4. The van der Waals surface area contributed by atoms with Gasteiger partial charge in [-0.3, -0.25) is 0 Å². The van der Waals surface area contributed by atoms with Gasteiger partial charge in [0.25, 0.3) is 0 Å². The Morgan fingerprint density at radius 2 is 0.817 bits per heavy atom. The maximum atomic E-state index is 2.54. The van der Waals surface area contributed by atoms with Gasteiger partial charge in [-0.2, -0.15) is 0 Å². The number of hydrogen-bond acceptors (Lipinski definition) is 2. The Morgan fingerprint density at radius 1 is 0.296 bits per heavy atom. The average Bonchev–Trinajstić information content (AvgIpc) is 4.07. The van der Waals surface area contributed by atoms with Crippen LogP contribution in [0.4, 0.5) is 17.1 Å². The number of benzene rings is 12. The number of rotatable bonds is 6. The topological polar surface area (TPSA) is 3.24 Å². The molecule has 0 atom stereocenters. The Balaban J connectivity index is 1.02. The minimum Gasteiger partial charge on any atom is -0.310 e. The van der Waals surface area contributed by atoms with Gasteiger partial charge in [0.1, 0.15) is 0 Å². The highest BCUT2D eigenvalue weighted by atomic mass is 32.1. The molecule has 0 radical (unpaired) electrons. The SMILES string of the molecule is c1ccc(-c2c(-c3cccc4c3sc3cc5ccccc5cc34)cccc2N(c2cccc(-c3cccc4ccccc34)c2)c2ccc3c(c2)C2(c4ccccc4-c4ccccc42)c2ccccc2-3)cc1. The van der Waals surface area contributed by atoms with Crippen LogP contribution in [0.1, 0.15) is 22.3 Å². The van der Waals surface area contributed by atoms with E-state index in [1.807, 2.05) is 11.3 Å². The monoisotopic (exact) mass is 917 g/mol. The number of nitrogens with zero attached hydrogens (tertiary/aromatic N) is 1. The average molecular weight is 918 g/mol. The molecule has 0 fully saturated rings. The summed E-state index contributed by atoms with van der Waals surface area (Å²) in [5, 5.41) is 7.60. The summed E-state index contributed by atoms with van der Waals surface area (Å²) < 4.78 is 2.60. The maximum Gasteiger partial charge on any atom is 0.0726 e. The molecule has 1 heterocycles. The summed E-state index contributed by atoms with van der Waals surface area (Å²) in [7, 11) is 0. The lowest BCUT2D eigenvalue weighted by Crippen LogP contribution is -2.26. The van der Waals surface area contributed by atoms with Crippen molar-refractivity contribution in [2.24, 2.45) is 0 Å². The highest BCUT2D eigenvalue weighted by molar-refractivity contribution is 7.26. The van der Waals surface area contributed by atoms with Gasteiger partial charge in [0.2, 0.25) is 0 Å². The van der Waals surface area contributed by atoms with Gasteiger partial charge in [-0.05, 0) is 131 Å². The summed E-state index contributed by atoms with van der Waals surface area (Å²) in [6.45, 7) is 0. The largest absolute Gasteiger partial charge is 0.310 e.